The van der Waals surface area contributed by atoms with Crippen LogP contribution in [0, 0.1) is 10.1 Å². The van der Waals surface area contributed by atoms with Crippen LogP contribution in [0.3, 0.4) is 0 Å². The molecule has 0 aliphatic rings. The number of rotatable bonds is 6. The summed E-state index contributed by atoms with van der Waals surface area (Å²) in [6, 6.07) is 10.9. The Hall–Kier alpha value is -2.48. The topological polar surface area (TPSA) is 77.5 Å². The van der Waals surface area contributed by atoms with Crippen LogP contribution in [0.1, 0.15) is 35.5 Å². The van der Waals surface area contributed by atoms with Gasteiger partial charge in [-0.2, -0.15) is 4.99 Å². The first-order valence-corrected chi connectivity index (χ1v) is 10.9. The zero-order chi connectivity index (χ0) is 21.8. The zero-order valence-electron chi connectivity index (χ0n) is 16.4. The fraction of sp³-hybridized carbons (Fsp3) is 0.238. The standard InChI is InChI=1S/C21H19Cl2N3O3S/c1-3-5-18-19(14-8-11-16(22)17(23)12-14)25(4-2)21(30-18)24-20(27)13-6-9-15(10-7-13)26(28)29/h6-12H,3-5H2,1-2H3. The number of non-ortho nitro benzene ring substituents is 1. The summed E-state index contributed by atoms with van der Waals surface area (Å²) in [6.45, 7) is 4.69. The molecule has 0 N–H and O–H groups in total. The molecule has 3 aromatic rings. The normalized spacial score (nSPS) is 11.7. The fourth-order valence-corrected chi connectivity index (χ4v) is 4.68. The number of halogens is 2. The van der Waals surface area contributed by atoms with E-state index < -0.39 is 10.8 Å². The third-order valence-corrected chi connectivity index (χ3v) is 6.37. The van der Waals surface area contributed by atoms with Crippen LogP contribution < -0.4 is 4.80 Å². The van der Waals surface area contributed by atoms with Crippen molar-refractivity contribution >= 4 is 46.1 Å². The Bertz CT molecular complexity index is 1170. The van der Waals surface area contributed by atoms with Crippen molar-refractivity contribution in [1.82, 2.24) is 4.57 Å². The van der Waals surface area contributed by atoms with Crippen LogP contribution in [0.4, 0.5) is 5.69 Å². The van der Waals surface area contributed by atoms with Gasteiger partial charge in [-0.25, -0.2) is 0 Å². The maximum atomic E-state index is 12.7. The van der Waals surface area contributed by atoms with Crippen molar-refractivity contribution in [3.63, 3.8) is 0 Å². The minimum absolute atomic E-state index is 0.0709. The van der Waals surface area contributed by atoms with Gasteiger partial charge in [-0.05, 0) is 37.6 Å². The van der Waals surface area contributed by atoms with E-state index in [1.807, 2.05) is 23.6 Å². The first-order valence-electron chi connectivity index (χ1n) is 9.37. The molecule has 0 saturated heterocycles. The highest BCUT2D eigenvalue weighted by molar-refractivity contribution is 7.09. The molecule has 2 aromatic carbocycles. The van der Waals surface area contributed by atoms with Crippen LogP contribution in [0.2, 0.25) is 10.0 Å². The highest BCUT2D eigenvalue weighted by Gasteiger charge is 2.17. The van der Waals surface area contributed by atoms with E-state index in [9.17, 15) is 14.9 Å². The number of carbonyl (C=O) groups is 1. The van der Waals surface area contributed by atoms with Gasteiger partial charge in [-0.15, -0.1) is 11.3 Å². The van der Waals surface area contributed by atoms with E-state index in [-0.39, 0.29) is 5.69 Å². The largest absolute Gasteiger partial charge is 0.316 e. The van der Waals surface area contributed by atoms with Crippen LogP contribution in [0.25, 0.3) is 11.3 Å². The minimum Gasteiger partial charge on any atom is -0.316 e. The Morgan fingerprint density at radius 1 is 1.13 bits per heavy atom. The number of nitro benzene ring substituents is 1. The molecule has 1 amide bonds. The number of amides is 1. The van der Waals surface area contributed by atoms with Crippen LogP contribution >= 0.6 is 34.5 Å². The second kappa shape index (κ2) is 9.55. The van der Waals surface area contributed by atoms with Gasteiger partial charge in [0.1, 0.15) is 0 Å². The van der Waals surface area contributed by atoms with E-state index in [4.69, 9.17) is 23.2 Å². The van der Waals surface area contributed by atoms with Crippen molar-refractivity contribution in [2.45, 2.75) is 33.2 Å². The lowest BCUT2D eigenvalue weighted by Gasteiger charge is -2.10. The van der Waals surface area contributed by atoms with Crippen LogP contribution in [-0.2, 0) is 13.0 Å². The van der Waals surface area contributed by atoms with E-state index in [2.05, 4.69) is 11.9 Å². The van der Waals surface area contributed by atoms with Crippen molar-refractivity contribution in [3.8, 4) is 11.3 Å². The Morgan fingerprint density at radius 2 is 1.83 bits per heavy atom. The average molecular weight is 464 g/mol. The van der Waals surface area contributed by atoms with Gasteiger partial charge in [0, 0.05) is 34.7 Å². The summed E-state index contributed by atoms with van der Waals surface area (Å²) in [7, 11) is 0. The van der Waals surface area contributed by atoms with Crippen molar-refractivity contribution in [2.75, 3.05) is 0 Å². The van der Waals surface area contributed by atoms with Gasteiger partial charge in [0.2, 0.25) is 0 Å². The minimum atomic E-state index is -0.504. The lowest BCUT2D eigenvalue weighted by Crippen LogP contribution is -2.17. The number of aryl methyl sites for hydroxylation is 1. The highest BCUT2D eigenvalue weighted by Crippen LogP contribution is 2.32. The maximum absolute atomic E-state index is 12.7. The predicted octanol–water partition coefficient (Wildman–Crippen LogP) is 6.15. The SMILES string of the molecule is CCCc1sc(=NC(=O)c2ccc([N+](=O)[O-])cc2)n(CC)c1-c1ccc(Cl)c(Cl)c1. The lowest BCUT2D eigenvalue weighted by atomic mass is 10.1. The second-order valence-corrected chi connectivity index (χ2v) is 8.38. The molecule has 1 heterocycles. The van der Waals surface area contributed by atoms with Gasteiger partial charge in [-0.3, -0.25) is 14.9 Å². The molecule has 1 aromatic heterocycles. The summed E-state index contributed by atoms with van der Waals surface area (Å²) in [6.07, 6.45) is 1.77. The molecule has 0 unspecified atom stereocenters. The average Bonchev–Trinajstić information content (AvgIpc) is 3.07. The number of hydrogen-bond acceptors (Lipinski definition) is 4. The van der Waals surface area contributed by atoms with E-state index >= 15 is 0 Å². The fourth-order valence-electron chi connectivity index (χ4n) is 3.07. The van der Waals surface area contributed by atoms with Crippen LogP contribution in [0.15, 0.2) is 47.5 Å². The molecule has 9 heteroatoms. The number of benzene rings is 2. The van der Waals surface area contributed by atoms with Gasteiger partial charge < -0.3 is 4.57 Å². The summed E-state index contributed by atoms with van der Waals surface area (Å²) in [5, 5.41) is 11.8. The first kappa shape index (κ1) is 22.2. The number of hydrogen-bond donors (Lipinski definition) is 0. The molecule has 3 rings (SSSR count). The monoisotopic (exact) mass is 463 g/mol. The van der Waals surface area contributed by atoms with Gasteiger partial charge in [0.15, 0.2) is 4.80 Å². The molecule has 0 spiro atoms. The van der Waals surface area contributed by atoms with Crippen LogP contribution in [0.5, 0.6) is 0 Å². The summed E-state index contributed by atoms with van der Waals surface area (Å²) in [5.41, 5.74) is 2.11. The van der Waals surface area contributed by atoms with E-state index in [1.165, 1.54) is 35.6 Å². The molecule has 0 bridgehead atoms. The van der Waals surface area contributed by atoms with Gasteiger partial charge >= 0.3 is 0 Å². The first-order chi connectivity index (χ1) is 14.3. The molecule has 6 nitrogen and oxygen atoms in total. The molecular formula is C21H19Cl2N3O3S. The predicted molar refractivity (Wildman–Crippen MR) is 120 cm³/mol. The number of nitro groups is 1. The molecule has 156 valence electrons. The van der Waals surface area contributed by atoms with Crippen molar-refractivity contribution < 1.29 is 9.72 Å². The van der Waals surface area contributed by atoms with Gasteiger partial charge in [-0.1, -0.05) is 42.6 Å². The molecule has 30 heavy (non-hydrogen) atoms. The Labute approximate surface area is 187 Å². The van der Waals surface area contributed by atoms with E-state index in [0.717, 1.165) is 29.0 Å². The molecule has 0 aliphatic carbocycles. The summed E-state index contributed by atoms with van der Waals surface area (Å²) >= 11 is 13.8. The maximum Gasteiger partial charge on any atom is 0.279 e. The number of nitrogens with zero attached hydrogens (tertiary/aromatic N) is 3. The van der Waals surface area contributed by atoms with E-state index in [0.29, 0.717) is 27.0 Å². The zero-order valence-corrected chi connectivity index (χ0v) is 18.7. The lowest BCUT2D eigenvalue weighted by molar-refractivity contribution is -0.384. The summed E-state index contributed by atoms with van der Waals surface area (Å²) in [4.78, 5) is 29.0. The smallest absolute Gasteiger partial charge is 0.279 e. The third kappa shape index (κ3) is 4.64. The molecule has 0 atom stereocenters. The number of aromatic nitrogens is 1. The van der Waals surface area contributed by atoms with E-state index in [1.54, 1.807) is 6.07 Å². The molecular weight excluding hydrogens is 445 g/mol. The van der Waals surface area contributed by atoms with Crippen molar-refractivity contribution in [3.05, 3.63) is 77.9 Å². The molecule has 0 fully saturated rings. The quantitative estimate of drug-likeness (QED) is 0.325. The number of carbonyl (C=O) groups excluding carboxylic acids is 1. The molecule has 0 aliphatic heterocycles. The van der Waals surface area contributed by atoms with Crippen molar-refractivity contribution in [2.24, 2.45) is 4.99 Å². The number of thiazole rings is 1. The summed E-state index contributed by atoms with van der Waals surface area (Å²) in [5.74, 6) is -0.447. The Morgan fingerprint density at radius 3 is 2.40 bits per heavy atom. The van der Waals surface area contributed by atoms with Crippen LogP contribution in [-0.4, -0.2) is 15.4 Å². The van der Waals surface area contributed by atoms with Gasteiger partial charge in [0.25, 0.3) is 11.6 Å². The third-order valence-electron chi connectivity index (χ3n) is 4.49. The Kier molecular flexibility index (Phi) is 7.07. The van der Waals surface area contributed by atoms with Gasteiger partial charge in [0.05, 0.1) is 20.7 Å². The van der Waals surface area contributed by atoms with Crippen molar-refractivity contribution in [1.29, 1.82) is 0 Å². The Balaban J connectivity index is 2.11. The highest BCUT2D eigenvalue weighted by atomic mass is 35.5. The summed E-state index contributed by atoms with van der Waals surface area (Å²) < 4.78 is 1.98. The second-order valence-electron chi connectivity index (χ2n) is 6.50. The molecule has 0 radical (unpaired) electrons. The molecule has 0 saturated carbocycles.